The fraction of sp³-hybridized carbons (Fsp3) is 0. The molecule has 0 spiro atoms. The molecule has 6 heteroatoms. The Bertz CT molecular complexity index is 240. The van der Waals surface area contributed by atoms with E-state index < -0.39 is 0 Å². The highest BCUT2D eigenvalue weighted by Crippen LogP contribution is 2.23. The van der Waals surface area contributed by atoms with Crippen LogP contribution in [0.2, 0.25) is 0 Å². The maximum Gasteiger partial charge on any atom is 0.201 e. The molecule has 0 radical (unpaired) electrons. The van der Waals surface area contributed by atoms with E-state index in [0.29, 0.717) is 0 Å². The molecule has 1 rings (SSSR count). The lowest BCUT2D eigenvalue weighted by Crippen LogP contribution is -1.99. The van der Waals surface area contributed by atoms with Crippen molar-refractivity contribution >= 4 is 24.3 Å². The maximum absolute atomic E-state index is 8.92. The van der Waals surface area contributed by atoms with Gasteiger partial charge in [-0.2, -0.15) is 0 Å². The van der Waals surface area contributed by atoms with E-state index in [1.54, 1.807) is 0 Å². The van der Waals surface area contributed by atoms with E-state index in [1.165, 1.54) is 0 Å². The van der Waals surface area contributed by atoms with Crippen LogP contribution < -0.4 is 11.5 Å². The summed E-state index contributed by atoms with van der Waals surface area (Å²) in [5, 5.41) is 9.07. The van der Waals surface area contributed by atoms with E-state index in [9.17, 15) is 0 Å². The number of thiol groups is 1. The van der Waals surface area contributed by atoms with Crippen LogP contribution in [0.1, 0.15) is 0 Å². The molecular formula is C4H6N4OS. The summed E-state index contributed by atoms with van der Waals surface area (Å²) in [4.78, 5) is 7.07. The normalized spacial score (nSPS) is 9.70. The Kier molecular flexibility index (Phi) is 1.54. The summed E-state index contributed by atoms with van der Waals surface area (Å²) in [7, 11) is 0. The Labute approximate surface area is 62.5 Å². The average molecular weight is 158 g/mol. The van der Waals surface area contributed by atoms with Crippen LogP contribution in [0.15, 0.2) is 5.16 Å². The average Bonchev–Trinajstić information content (AvgIpc) is 1.82. The third-order valence-electron chi connectivity index (χ3n) is 0.926. The van der Waals surface area contributed by atoms with Crippen molar-refractivity contribution in [3.8, 4) is 5.75 Å². The van der Waals surface area contributed by atoms with Crippen molar-refractivity contribution in [1.29, 1.82) is 0 Å². The smallest absolute Gasteiger partial charge is 0.201 e. The summed E-state index contributed by atoms with van der Waals surface area (Å²) in [5.41, 5.74) is 10.4. The second-order valence-corrected chi connectivity index (χ2v) is 2.04. The molecule has 1 heterocycles. The van der Waals surface area contributed by atoms with Crippen LogP contribution in [0.4, 0.5) is 11.6 Å². The largest absolute Gasteiger partial charge is 0.502 e. The van der Waals surface area contributed by atoms with Gasteiger partial charge in [0.05, 0.1) is 0 Å². The first-order chi connectivity index (χ1) is 4.61. The SMILES string of the molecule is Nc1nc(S)nc(N)c1O. The van der Waals surface area contributed by atoms with Gasteiger partial charge in [0, 0.05) is 0 Å². The third-order valence-corrected chi connectivity index (χ3v) is 1.13. The minimum absolute atomic E-state index is 0.0579. The minimum atomic E-state index is -0.294. The Hall–Kier alpha value is -1.17. The third kappa shape index (κ3) is 1.06. The van der Waals surface area contributed by atoms with Crippen LogP contribution in [0.5, 0.6) is 5.75 Å². The molecule has 0 aliphatic rings. The molecule has 5 nitrogen and oxygen atoms in total. The fourth-order valence-electron chi connectivity index (χ4n) is 0.478. The van der Waals surface area contributed by atoms with Gasteiger partial charge in [0.2, 0.25) is 5.75 Å². The number of anilines is 2. The lowest BCUT2D eigenvalue weighted by atomic mass is 10.5. The molecular weight excluding hydrogens is 152 g/mol. The number of nitrogens with two attached hydrogens (primary N) is 2. The number of rotatable bonds is 0. The summed E-state index contributed by atoms with van der Waals surface area (Å²) in [5.74, 6) is -0.409. The molecule has 0 fully saturated rings. The van der Waals surface area contributed by atoms with Gasteiger partial charge in [0.15, 0.2) is 16.8 Å². The first-order valence-corrected chi connectivity index (χ1v) is 2.87. The molecule has 1 aromatic heterocycles. The number of aromatic hydroxyl groups is 1. The highest BCUT2D eigenvalue weighted by atomic mass is 32.1. The van der Waals surface area contributed by atoms with E-state index in [-0.39, 0.29) is 22.5 Å². The minimum Gasteiger partial charge on any atom is -0.502 e. The number of nitrogens with zero attached hydrogens (tertiary/aromatic N) is 2. The van der Waals surface area contributed by atoms with Crippen LogP contribution in [0.25, 0.3) is 0 Å². The molecule has 0 bridgehead atoms. The Balaban J connectivity index is 3.31. The van der Waals surface area contributed by atoms with E-state index in [0.717, 1.165) is 0 Å². The topological polar surface area (TPSA) is 98.0 Å². The second kappa shape index (κ2) is 2.22. The van der Waals surface area contributed by atoms with Crippen molar-refractivity contribution in [2.75, 3.05) is 11.5 Å². The Morgan fingerprint density at radius 3 is 2.00 bits per heavy atom. The summed E-state index contributed by atoms with van der Waals surface area (Å²) in [6.07, 6.45) is 0. The van der Waals surface area contributed by atoms with Gasteiger partial charge in [-0.05, 0) is 0 Å². The molecule has 0 aliphatic carbocycles. The van der Waals surface area contributed by atoms with Crippen LogP contribution in [-0.4, -0.2) is 15.1 Å². The Morgan fingerprint density at radius 2 is 1.60 bits per heavy atom. The van der Waals surface area contributed by atoms with Crippen LogP contribution in [0, 0.1) is 0 Å². The van der Waals surface area contributed by atoms with E-state index in [4.69, 9.17) is 16.6 Å². The molecule has 0 unspecified atom stereocenters. The van der Waals surface area contributed by atoms with Crippen molar-refractivity contribution < 1.29 is 5.11 Å². The highest BCUT2D eigenvalue weighted by Gasteiger charge is 2.04. The Morgan fingerprint density at radius 1 is 1.20 bits per heavy atom. The van der Waals surface area contributed by atoms with E-state index in [2.05, 4.69) is 22.6 Å². The van der Waals surface area contributed by atoms with Gasteiger partial charge in [-0.25, -0.2) is 9.97 Å². The summed E-state index contributed by atoms with van der Waals surface area (Å²) in [6, 6.07) is 0. The van der Waals surface area contributed by atoms with Crippen molar-refractivity contribution in [1.82, 2.24) is 9.97 Å². The highest BCUT2D eigenvalue weighted by molar-refractivity contribution is 7.80. The van der Waals surface area contributed by atoms with Crippen LogP contribution >= 0.6 is 12.6 Å². The molecule has 54 valence electrons. The first-order valence-electron chi connectivity index (χ1n) is 2.42. The van der Waals surface area contributed by atoms with Gasteiger partial charge < -0.3 is 16.6 Å². The summed E-state index contributed by atoms with van der Waals surface area (Å²) >= 11 is 3.78. The van der Waals surface area contributed by atoms with Gasteiger partial charge >= 0.3 is 0 Å². The van der Waals surface area contributed by atoms with Crippen molar-refractivity contribution in [2.45, 2.75) is 5.16 Å². The quantitative estimate of drug-likeness (QED) is 0.305. The number of hydrogen-bond acceptors (Lipinski definition) is 6. The standard InChI is InChI=1S/C4H6N4OS/c5-2-1(9)3(6)8-4(10)7-2/h9H,(H5,5,6,7,8,10). The zero-order chi connectivity index (χ0) is 7.72. The van der Waals surface area contributed by atoms with Gasteiger partial charge in [-0.1, -0.05) is 0 Å². The van der Waals surface area contributed by atoms with Crippen molar-refractivity contribution in [2.24, 2.45) is 0 Å². The summed E-state index contributed by atoms with van der Waals surface area (Å²) in [6.45, 7) is 0. The lowest BCUT2D eigenvalue weighted by Gasteiger charge is -1.99. The second-order valence-electron chi connectivity index (χ2n) is 1.64. The predicted molar refractivity (Wildman–Crippen MR) is 39.8 cm³/mol. The molecule has 5 N–H and O–H groups in total. The van der Waals surface area contributed by atoms with Gasteiger partial charge in [0.25, 0.3) is 0 Å². The predicted octanol–water partition coefficient (Wildman–Crippen LogP) is -0.365. The monoisotopic (exact) mass is 158 g/mol. The van der Waals surface area contributed by atoms with Gasteiger partial charge in [0.1, 0.15) is 0 Å². The van der Waals surface area contributed by atoms with Crippen molar-refractivity contribution in [3.63, 3.8) is 0 Å². The zero-order valence-electron chi connectivity index (χ0n) is 4.94. The molecule has 0 atom stereocenters. The first kappa shape index (κ1) is 6.94. The number of aromatic nitrogens is 2. The van der Waals surface area contributed by atoms with Gasteiger partial charge in [-0.3, -0.25) is 0 Å². The molecule has 0 aromatic carbocycles. The van der Waals surface area contributed by atoms with E-state index in [1.807, 2.05) is 0 Å². The molecule has 0 saturated carbocycles. The van der Waals surface area contributed by atoms with Crippen LogP contribution in [0.3, 0.4) is 0 Å². The zero-order valence-corrected chi connectivity index (χ0v) is 5.84. The molecule has 0 aliphatic heterocycles. The number of hydrogen-bond donors (Lipinski definition) is 4. The van der Waals surface area contributed by atoms with Gasteiger partial charge in [-0.15, -0.1) is 12.6 Å². The fourth-order valence-corrected chi connectivity index (χ4v) is 0.693. The van der Waals surface area contributed by atoms with Crippen LogP contribution in [-0.2, 0) is 0 Å². The van der Waals surface area contributed by atoms with E-state index >= 15 is 0 Å². The maximum atomic E-state index is 8.92. The molecule has 0 saturated heterocycles. The van der Waals surface area contributed by atoms with Crippen molar-refractivity contribution in [3.05, 3.63) is 0 Å². The molecule has 10 heavy (non-hydrogen) atoms. The molecule has 1 aromatic rings. The summed E-state index contributed by atoms with van der Waals surface area (Å²) < 4.78 is 0. The molecule has 0 amide bonds. The number of nitrogen functional groups attached to an aromatic ring is 2. The lowest BCUT2D eigenvalue weighted by molar-refractivity contribution is 0.474.